The highest BCUT2D eigenvalue weighted by Crippen LogP contribution is 2.33. The van der Waals surface area contributed by atoms with E-state index in [1.165, 1.54) is 0 Å². The number of hydrogen-bond donors (Lipinski definition) is 3. The molecule has 0 fully saturated rings. The maximum Gasteiger partial charge on any atom is 0.304 e. The zero-order chi connectivity index (χ0) is 26.0. The number of carboxylic acid groups (broad SMARTS) is 1. The number of para-hydroxylation sites is 1. The van der Waals surface area contributed by atoms with Gasteiger partial charge in [-0.05, 0) is 56.0 Å². The summed E-state index contributed by atoms with van der Waals surface area (Å²) in [5.41, 5.74) is 1.68. The molecular weight excluding hydrogens is 464 g/mol. The average Bonchev–Trinajstić information content (AvgIpc) is 2.81. The van der Waals surface area contributed by atoms with E-state index in [1.807, 2.05) is 70.2 Å². The SMILES string of the molecule is COc1ccc(CSC(C)(C)C(NC(=O)C(CC(=O)O)CC(C)C)C(=O)Nc2ccccc2)cc1. The largest absolute Gasteiger partial charge is 0.497 e. The van der Waals surface area contributed by atoms with Crippen LogP contribution in [0.1, 0.15) is 46.1 Å². The minimum absolute atomic E-state index is 0.138. The van der Waals surface area contributed by atoms with E-state index < -0.39 is 28.6 Å². The number of carbonyl (C=O) groups excluding carboxylic acids is 2. The van der Waals surface area contributed by atoms with Crippen molar-refractivity contribution in [3.05, 3.63) is 60.2 Å². The molecule has 0 bridgehead atoms. The fourth-order valence-corrected chi connectivity index (χ4v) is 4.75. The summed E-state index contributed by atoms with van der Waals surface area (Å²) >= 11 is 1.54. The predicted octanol–water partition coefficient (Wildman–Crippen LogP) is 4.97. The highest BCUT2D eigenvalue weighted by atomic mass is 32.2. The summed E-state index contributed by atoms with van der Waals surface area (Å²) in [6.45, 7) is 7.70. The van der Waals surface area contributed by atoms with Gasteiger partial charge in [0.15, 0.2) is 0 Å². The van der Waals surface area contributed by atoms with Crippen LogP contribution in [0.3, 0.4) is 0 Å². The van der Waals surface area contributed by atoms with Crippen molar-refractivity contribution in [3.8, 4) is 5.75 Å². The van der Waals surface area contributed by atoms with E-state index >= 15 is 0 Å². The maximum absolute atomic E-state index is 13.4. The van der Waals surface area contributed by atoms with E-state index in [9.17, 15) is 19.5 Å². The first kappa shape index (κ1) is 28.2. The van der Waals surface area contributed by atoms with Crippen molar-refractivity contribution in [1.82, 2.24) is 5.32 Å². The molecule has 2 aromatic rings. The first-order valence-electron chi connectivity index (χ1n) is 11.7. The van der Waals surface area contributed by atoms with Crippen molar-refractivity contribution < 1.29 is 24.2 Å². The van der Waals surface area contributed by atoms with Gasteiger partial charge in [-0.25, -0.2) is 0 Å². The second kappa shape index (κ2) is 13.2. The molecule has 0 heterocycles. The van der Waals surface area contributed by atoms with Crippen LogP contribution in [0.4, 0.5) is 5.69 Å². The van der Waals surface area contributed by atoms with Gasteiger partial charge in [0.2, 0.25) is 11.8 Å². The van der Waals surface area contributed by atoms with E-state index in [4.69, 9.17) is 4.74 Å². The first-order valence-corrected chi connectivity index (χ1v) is 12.7. The highest BCUT2D eigenvalue weighted by Gasteiger charge is 2.38. The maximum atomic E-state index is 13.4. The Labute approximate surface area is 212 Å². The van der Waals surface area contributed by atoms with Crippen LogP contribution in [0.25, 0.3) is 0 Å². The summed E-state index contributed by atoms with van der Waals surface area (Å²) in [7, 11) is 1.61. The second-order valence-corrected chi connectivity index (χ2v) is 11.1. The Morgan fingerprint density at radius 1 is 1.00 bits per heavy atom. The number of amides is 2. The van der Waals surface area contributed by atoms with Crippen LogP contribution < -0.4 is 15.4 Å². The van der Waals surface area contributed by atoms with Crippen LogP contribution in [0.15, 0.2) is 54.6 Å². The topological polar surface area (TPSA) is 105 Å². The van der Waals surface area contributed by atoms with E-state index in [-0.39, 0.29) is 18.2 Å². The average molecular weight is 501 g/mol. The monoisotopic (exact) mass is 500 g/mol. The van der Waals surface area contributed by atoms with Crippen molar-refractivity contribution in [2.75, 3.05) is 12.4 Å². The summed E-state index contributed by atoms with van der Waals surface area (Å²) in [5, 5.41) is 15.1. The summed E-state index contributed by atoms with van der Waals surface area (Å²) in [5.74, 6) is -1.01. The highest BCUT2D eigenvalue weighted by molar-refractivity contribution is 7.99. The summed E-state index contributed by atoms with van der Waals surface area (Å²) in [6.07, 6.45) is 0.140. The minimum Gasteiger partial charge on any atom is -0.497 e. The van der Waals surface area contributed by atoms with Crippen LogP contribution >= 0.6 is 11.8 Å². The Kier molecular flexibility index (Phi) is 10.6. The number of thioether (sulfide) groups is 1. The van der Waals surface area contributed by atoms with Crippen molar-refractivity contribution >= 4 is 35.2 Å². The van der Waals surface area contributed by atoms with Gasteiger partial charge in [-0.3, -0.25) is 14.4 Å². The first-order chi connectivity index (χ1) is 16.5. The lowest BCUT2D eigenvalue weighted by Gasteiger charge is -2.34. The lowest BCUT2D eigenvalue weighted by molar-refractivity contribution is -0.141. The van der Waals surface area contributed by atoms with Gasteiger partial charge in [0.1, 0.15) is 11.8 Å². The van der Waals surface area contributed by atoms with Gasteiger partial charge in [0.05, 0.1) is 13.5 Å². The second-order valence-electron chi connectivity index (χ2n) is 9.46. The number of rotatable bonds is 13. The number of carboxylic acids is 1. The molecule has 7 nitrogen and oxygen atoms in total. The fourth-order valence-electron chi connectivity index (χ4n) is 3.69. The molecule has 0 saturated carbocycles. The van der Waals surface area contributed by atoms with E-state index in [1.54, 1.807) is 31.0 Å². The summed E-state index contributed by atoms with van der Waals surface area (Å²) < 4.78 is 4.52. The van der Waals surface area contributed by atoms with Gasteiger partial charge >= 0.3 is 5.97 Å². The molecule has 3 N–H and O–H groups in total. The third-order valence-electron chi connectivity index (χ3n) is 5.60. The Bertz CT molecular complexity index is 977. The third-order valence-corrected chi connectivity index (χ3v) is 7.06. The van der Waals surface area contributed by atoms with Crippen molar-refractivity contribution in [1.29, 1.82) is 0 Å². The molecule has 2 rings (SSSR count). The summed E-state index contributed by atoms with van der Waals surface area (Å²) in [6, 6.07) is 15.8. The molecule has 190 valence electrons. The Morgan fingerprint density at radius 2 is 1.63 bits per heavy atom. The molecule has 0 aliphatic rings. The fraction of sp³-hybridized carbons (Fsp3) is 0.444. The van der Waals surface area contributed by atoms with Crippen LogP contribution in [-0.2, 0) is 20.1 Å². The normalized spacial score (nSPS) is 13.1. The number of hydrogen-bond acceptors (Lipinski definition) is 5. The van der Waals surface area contributed by atoms with Gasteiger partial charge in [-0.2, -0.15) is 0 Å². The van der Waals surface area contributed by atoms with E-state index in [2.05, 4.69) is 10.6 Å². The van der Waals surface area contributed by atoms with E-state index in [0.717, 1.165) is 11.3 Å². The molecule has 0 radical (unpaired) electrons. The van der Waals surface area contributed by atoms with Crippen LogP contribution in [-0.4, -0.2) is 40.8 Å². The number of nitrogens with one attached hydrogen (secondary N) is 2. The number of anilines is 1. The quantitative estimate of drug-likeness (QED) is 0.359. The third kappa shape index (κ3) is 9.28. The lowest BCUT2D eigenvalue weighted by Crippen LogP contribution is -2.56. The number of benzene rings is 2. The van der Waals surface area contributed by atoms with Crippen LogP contribution in [0, 0.1) is 11.8 Å². The predicted molar refractivity (Wildman–Crippen MR) is 141 cm³/mol. The lowest BCUT2D eigenvalue weighted by atomic mass is 9.92. The Hall–Kier alpha value is -3.00. The van der Waals surface area contributed by atoms with Crippen molar-refractivity contribution in [2.24, 2.45) is 11.8 Å². The zero-order valence-corrected chi connectivity index (χ0v) is 21.9. The molecular formula is C27H36N2O5S. The molecule has 0 spiro atoms. The number of ether oxygens (including phenoxy) is 1. The van der Waals surface area contributed by atoms with Gasteiger partial charge < -0.3 is 20.5 Å². The molecule has 0 saturated heterocycles. The molecule has 0 aromatic heterocycles. The molecule has 2 unspecified atom stereocenters. The molecule has 0 aliphatic carbocycles. The molecule has 2 amide bonds. The molecule has 2 atom stereocenters. The zero-order valence-electron chi connectivity index (χ0n) is 21.0. The van der Waals surface area contributed by atoms with Crippen LogP contribution in [0.2, 0.25) is 0 Å². The molecule has 35 heavy (non-hydrogen) atoms. The smallest absolute Gasteiger partial charge is 0.304 e. The van der Waals surface area contributed by atoms with E-state index in [0.29, 0.717) is 17.9 Å². The number of carbonyl (C=O) groups is 3. The minimum atomic E-state index is -1.04. The molecule has 0 aliphatic heterocycles. The Balaban J connectivity index is 2.25. The number of aliphatic carboxylic acids is 1. The van der Waals surface area contributed by atoms with Crippen LogP contribution in [0.5, 0.6) is 5.75 Å². The van der Waals surface area contributed by atoms with Gasteiger partial charge in [0.25, 0.3) is 0 Å². The van der Waals surface area contributed by atoms with Crippen molar-refractivity contribution in [2.45, 2.75) is 57.1 Å². The van der Waals surface area contributed by atoms with Gasteiger partial charge in [-0.15, -0.1) is 11.8 Å². The van der Waals surface area contributed by atoms with Crippen molar-refractivity contribution in [3.63, 3.8) is 0 Å². The standard InChI is InChI=1S/C27H36N2O5S/c1-18(2)15-20(16-23(30)31)25(32)29-24(26(33)28-21-9-7-6-8-10-21)27(3,4)35-17-19-11-13-22(34-5)14-12-19/h6-14,18,20,24H,15-17H2,1-5H3,(H,28,33)(H,29,32)(H,30,31). The summed E-state index contributed by atoms with van der Waals surface area (Å²) in [4.78, 5) is 38.0. The molecule has 2 aromatic carbocycles. The Morgan fingerprint density at radius 3 is 2.17 bits per heavy atom. The molecule has 8 heteroatoms. The van der Waals surface area contributed by atoms with Gasteiger partial charge in [0, 0.05) is 22.1 Å². The number of methoxy groups -OCH3 is 1. The van der Waals surface area contributed by atoms with Gasteiger partial charge in [-0.1, -0.05) is 44.2 Å².